The Morgan fingerprint density at radius 2 is 1.68 bits per heavy atom. The third kappa shape index (κ3) is 6.06. The van der Waals surface area contributed by atoms with E-state index in [0.29, 0.717) is 24.9 Å². The van der Waals surface area contributed by atoms with Gasteiger partial charge in [0.1, 0.15) is 11.6 Å². The molecule has 0 radical (unpaired) electrons. The Morgan fingerprint density at radius 1 is 0.921 bits per heavy atom. The molecular formula is C30H38N6O2. The summed E-state index contributed by atoms with van der Waals surface area (Å²) in [6, 6.07) is 13.9. The largest absolute Gasteiger partial charge is 0.356 e. The van der Waals surface area contributed by atoms with Gasteiger partial charge in [-0.1, -0.05) is 19.9 Å². The van der Waals surface area contributed by atoms with Crippen LogP contribution in [0.25, 0.3) is 10.9 Å². The van der Waals surface area contributed by atoms with Gasteiger partial charge in [0.25, 0.3) is 0 Å². The summed E-state index contributed by atoms with van der Waals surface area (Å²) in [4.78, 5) is 41.1. The second-order valence-electron chi connectivity index (χ2n) is 11.0. The summed E-state index contributed by atoms with van der Waals surface area (Å²) in [7, 11) is 0. The van der Waals surface area contributed by atoms with Crippen molar-refractivity contribution in [3.8, 4) is 0 Å². The molecule has 2 aliphatic heterocycles. The number of hydrogen-bond acceptors (Lipinski definition) is 6. The van der Waals surface area contributed by atoms with Crippen molar-refractivity contribution in [3.63, 3.8) is 0 Å². The van der Waals surface area contributed by atoms with Gasteiger partial charge in [0.15, 0.2) is 0 Å². The first-order valence-corrected chi connectivity index (χ1v) is 13.8. The third-order valence-corrected chi connectivity index (χ3v) is 7.65. The standard InChI is InChI=1S/C30H38N6O2/c1-21-16-22(2)20-36(19-21)28-17-23(3)25-18-24(7-8-26(25)33-28)32-29(37)9-10-30(38)35-14-12-34(13-15-35)27-6-4-5-11-31-27/h4-8,11,17-18,21-22H,9-10,12-16,19-20H2,1-3H3,(H,32,37). The van der Waals surface area contributed by atoms with Gasteiger partial charge >= 0.3 is 0 Å². The molecule has 4 heterocycles. The van der Waals surface area contributed by atoms with E-state index in [2.05, 4.69) is 46.9 Å². The molecule has 38 heavy (non-hydrogen) atoms. The summed E-state index contributed by atoms with van der Waals surface area (Å²) in [5.74, 6) is 3.17. The summed E-state index contributed by atoms with van der Waals surface area (Å²) in [5.41, 5.74) is 2.81. The summed E-state index contributed by atoms with van der Waals surface area (Å²) in [6.45, 7) is 11.6. The molecule has 2 atom stereocenters. The van der Waals surface area contributed by atoms with E-state index in [1.54, 1.807) is 6.20 Å². The van der Waals surface area contributed by atoms with E-state index in [4.69, 9.17) is 4.98 Å². The number of nitrogens with one attached hydrogen (secondary N) is 1. The number of pyridine rings is 2. The molecule has 2 amide bonds. The average Bonchev–Trinajstić information content (AvgIpc) is 2.92. The number of anilines is 3. The first-order chi connectivity index (χ1) is 18.4. The first-order valence-electron chi connectivity index (χ1n) is 13.8. The molecule has 2 aliphatic rings. The summed E-state index contributed by atoms with van der Waals surface area (Å²) < 4.78 is 0. The fourth-order valence-electron chi connectivity index (χ4n) is 5.79. The lowest BCUT2D eigenvalue weighted by Crippen LogP contribution is -2.49. The topological polar surface area (TPSA) is 81.7 Å². The Labute approximate surface area is 225 Å². The number of aryl methyl sites for hydroxylation is 1. The first kappa shape index (κ1) is 25.9. The number of piperazine rings is 1. The van der Waals surface area contributed by atoms with Gasteiger partial charge in [-0.25, -0.2) is 9.97 Å². The molecule has 2 saturated heterocycles. The van der Waals surface area contributed by atoms with Crippen LogP contribution in [0.5, 0.6) is 0 Å². The lowest BCUT2D eigenvalue weighted by atomic mass is 9.92. The van der Waals surface area contributed by atoms with Crippen molar-refractivity contribution in [3.05, 3.63) is 54.2 Å². The van der Waals surface area contributed by atoms with E-state index in [-0.39, 0.29) is 24.7 Å². The molecule has 1 aromatic carbocycles. The zero-order chi connectivity index (χ0) is 26.6. The number of hydrogen-bond donors (Lipinski definition) is 1. The van der Waals surface area contributed by atoms with Gasteiger partial charge in [0.05, 0.1) is 5.52 Å². The second-order valence-corrected chi connectivity index (χ2v) is 11.0. The van der Waals surface area contributed by atoms with Crippen LogP contribution in [0.3, 0.4) is 0 Å². The van der Waals surface area contributed by atoms with E-state index in [1.807, 2.05) is 41.3 Å². The zero-order valence-electron chi connectivity index (χ0n) is 22.7. The van der Waals surface area contributed by atoms with Crippen molar-refractivity contribution in [2.75, 3.05) is 54.4 Å². The zero-order valence-corrected chi connectivity index (χ0v) is 22.7. The smallest absolute Gasteiger partial charge is 0.224 e. The van der Waals surface area contributed by atoms with E-state index < -0.39 is 0 Å². The molecule has 0 bridgehead atoms. The maximum Gasteiger partial charge on any atom is 0.224 e. The molecule has 2 fully saturated rings. The van der Waals surface area contributed by atoms with Crippen LogP contribution in [0.2, 0.25) is 0 Å². The van der Waals surface area contributed by atoms with Gasteiger partial charge in [0.2, 0.25) is 11.8 Å². The molecule has 8 nitrogen and oxygen atoms in total. The highest BCUT2D eigenvalue weighted by Gasteiger charge is 2.24. The molecule has 0 spiro atoms. The monoisotopic (exact) mass is 514 g/mol. The quantitative estimate of drug-likeness (QED) is 0.522. The van der Waals surface area contributed by atoms with Crippen molar-refractivity contribution < 1.29 is 9.59 Å². The number of benzene rings is 1. The van der Waals surface area contributed by atoms with Gasteiger partial charge in [-0.3, -0.25) is 9.59 Å². The summed E-state index contributed by atoms with van der Waals surface area (Å²) >= 11 is 0. The third-order valence-electron chi connectivity index (χ3n) is 7.65. The Kier molecular flexibility index (Phi) is 7.77. The van der Waals surface area contributed by atoms with Crippen LogP contribution in [0, 0.1) is 18.8 Å². The van der Waals surface area contributed by atoms with E-state index in [0.717, 1.165) is 60.0 Å². The predicted octanol–water partition coefficient (Wildman–Crippen LogP) is 4.49. The number of piperidine rings is 1. The van der Waals surface area contributed by atoms with Crippen LogP contribution < -0.4 is 15.1 Å². The lowest BCUT2D eigenvalue weighted by Gasteiger charge is -2.36. The fourth-order valence-corrected chi connectivity index (χ4v) is 5.79. The van der Waals surface area contributed by atoms with Crippen LogP contribution >= 0.6 is 0 Å². The minimum absolute atomic E-state index is 0.0215. The molecule has 2 aromatic heterocycles. The van der Waals surface area contributed by atoms with Crippen LogP contribution in [-0.2, 0) is 9.59 Å². The minimum atomic E-state index is -0.150. The maximum absolute atomic E-state index is 12.7. The average molecular weight is 515 g/mol. The second kappa shape index (κ2) is 11.4. The highest BCUT2D eigenvalue weighted by atomic mass is 16.2. The van der Waals surface area contributed by atoms with Crippen molar-refractivity contribution in [1.82, 2.24) is 14.9 Å². The summed E-state index contributed by atoms with van der Waals surface area (Å²) in [6.07, 6.45) is 3.42. The highest BCUT2D eigenvalue weighted by Crippen LogP contribution is 2.29. The number of amides is 2. The molecule has 200 valence electrons. The number of nitrogens with zero attached hydrogens (tertiary/aromatic N) is 5. The van der Waals surface area contributed by atoms with Gasteiger partial charge in [-0.15, -0.1) is 0 Å². The molecule has 8 heteroatoms. The molecule has 0 saturated carbocycles. The van der Waals surface area contributed by atoms with Crippen molar-refractivity contribution in [2.45, 2.75) is 40.0 Å². The van der Waals surface area contributed by atoms with Crippen molar-refractivity contribution >= 4 is 40.0 Å². The van der Waals surface area contributed by atoms with Crippen molar-refractivity contribution in [1.29, 1.82) is 0 Å². The molecule has 1 N–H and O–H groups in total. The Balaban J connectivity index is 1.14. The fraction of sp³-hybridized carbons (Fsp3) is 0.467. The van der Waals surface area contributed by atoms with Gasteiger partial charge in [-0.05, 0) is 67.1 Å². The van der Waals surface area contributed by atoms with E-state index >= 15 is 0 Å². The number of carbonyl (C=O) groups excluding carboxylic acids is 2. The number of fused-ring (bicyclic) bond motifs is 1. The van der Waals surface area contributed by atoms with Crippen LogP contribution in [0.15, 0.2) is 48.7 Å². The van der Waals surface area contributed by atoms with Gasteiger partial charge in [0, 0.05) is 69.4 Å². The van der Waals surface area contributed by atoms with Gasteiger partial charge in [-0.2, -0.15) is 0 Å². The highest BCUT2D eigenvalue weighted by molar-refractivity contribution is 5.96. The normalized spacial score (nSPS) is 20.0. The van der Waals surface area contributed by atoms with Crippen LogP contribution in [0.1, 0.15) is 38.7 Å². The number of aromatic nitrogens is 2. The molecule has 5 rings (SSSR count). The van der Waals surface area contributed by atoms with Gasteiger partial charge < -0.3 is 20.0 Å². The Hall–Kier alpha value is -3.68. The number of rotatable bonds is 6. The molecule has 0 aliphatic carbocycles. The Morgan fingerprint density at radius 3 is 2.39 bits per heavy atom. The van der Waals surface area contributed by atoms with Crippen LogP contribution in [0.4, 0.5) is 17.3 Å². The summed E-state index contributed by atoms with van der Waals surface area (Å²) in [5, 5.41) is 4.01. The predicted molar refractivity (Wildman–Crippen MR) is 153 cm³/mol. The minimum Gasteiger partial charge on any atom is -0.356 e. The number of carbonyl (C=O) groups is 2. The van der Waals surface area contributed by atoms with Crippen LogP contribution in [-0.4, -0.2) is 66.0 Å². The molecule has 3 aromatic rings. The maximum atomic E-state index is 12.7. The van der Waals surface area contributed by atoms with E-state index in [1.165, 1.54) is 6.42 Å². The van der Waals surface area contributed by atoms with Crippen molar-refractivity contribution in [2.24, 2.45) is 11.8 Å². The SMILES string of the molecule is Cc1cc(N2CC(C)CC(C)C2)nc2ccc(NC(=O)CCC(=O)N3CCN(c4ccccn4)CC3)cc12. The Bertz CT molecular complexity index is 1280. The van der Waals surface area contributed by atoms with E-state index in [9.17, 15) is 9.59 Å². The lowest BCUT2D eigenvalue weighted by molar-refractivity contribution is -0.133. The molecule has 2 unspecified atom stereocenters. The molecular weight excluding hydrogens is 476 g/mol.